The van der Waals surface area contributed by atoms with Crippen LogP contribution in [0.1, 0.15) is 39.2 Å². The van der Waals surface area contributed by atoms with Gasteiger partial charge >= 0.3 is 215 Å². The monoisotopic (exact) mass is 566 g/mol. The van der Waals surface area contributed by atoms with E-state index in [1.54, 1.807) is 24.3 Å². The van der Waals surface area contributed by atoms with Crippen LogP contribution >= 0.6 is 0 Å². The molecule has 0 bridgehead atoms. The van der Waals surface area contributed by atoms with Gasteiger partial charge in [-0.3, -0.25) is 0 Å². The quantitative estimate of drug-likeness (QED) is 0.275. The Balaban J connectivity index is 2.10. The summed E-state index contributed by atoms with van der Waals surface area (Å²) in [7, 11) is -1.20. The number of rotatable bonds is 8. The summed E-state index contributed by atoms with van der Waals surface area (Å²) in [5.41, 5.74) is -1.45. The molecule has 2 aromatic carbocycles. The van der Waals surface area contributed by atoms with E-state index < -0.39 is 32.6 Å². The first-order valence-corrected chi connectivity index (χ1v) is 14.9. The number of esters is 2. The topological polar surface area (TPSA) is 86.7 Å². The molecule has 0 spiro atoms. The van der Waals surface area contributed by atoms with Crippen LogP contribution < -0.4 is 4.46 Å². The van der Waals surface area contributed by atoms with Crippen LogP contribution in [0.2, 0.25) is 4.31 Å². The van der Waals surface area contributed by atoms with Crippen LogP contribution in [0.25, 0.3) is 0 Å². The maximum atomic E-state index is 13.6. The van der Waals surface area contributed by atoms with Gasteiger partial charge in [-0.2, -0.15) is 0 Å². The number of methoxy groups -OCH3 is 2. The number of aryl methyl sites for hydroxylation is 1. The third kappa shape index (κ3) is 5.50. The van der Waals surface area contributed by atoms with Crippen molar-refractivity contribution < 1.29 is 27.5 Å². The van der Waals surface area contributed by atoms with Crippen LogP contribution in [0.4, 0.5) is 0 Å². The summed E-state index contributed by atoms with van der Waals surface area (Å²) >= 11 is -0.0455. The fourth-order valence-corrected chi connectivity index (χ4v) is 10.5. The summed E-state index contributed by atoms with van der Waals surface area (Å²) in [4.78, 5) is 26.4. The van der Waals surface area contributed by atoms with Crippen LogP contribution in [0, 0.1) is 23.7 Å². The average molecular weight is 566 g/mol. The molecule has 6 nitrogen and oxygen atoms in total. The molecule has 2 atom stereocenters. The van der Waals surface area contributed by atoms with Crippen LogP contribution in [-0.4, -0.2) is 55.3 Å². The van der Waals surface area contributed by atoms with Gasteiger partial charge in [0.15, 0.2) is 0 Å². The minimum atomic E-state index is -3.70. The molecule has 3 rings (SSSR count). The molecule has 35 heavy (non-hydrogen) atoms. The van der Waals surface area contributed by atoms with Gasteiger partial charge in [-0.05, 0) is 0 Å². The van der Waals surface area contributed by atoms with E-state index in [4.69, 9.17) is 9.47 Å². The van der Waals surface area contributed by atoms with E-state index >= 15 is 0 Å². The second-order valence-electron chi connectivity index (χ2n) is 10.2. The fourth-order valence-electron chi connectivity index (χ4n) is 5.63. The van der Waals surface area contributed by atoms with Gasteiger partial charge in [-0.25, -0.2) is 0 Å². The first-order valence-electron chi connectivity index (χ1n) is 11.5. The number of benzene rings is 2. The summed E-state index contributed by atoms with van der Waals surface area (Å²) in [6.07, 6.45) is 0.219. The summed E-state index contributed by atoms with van der Waals surface area (Å²) in [6.45, 7) is 8.00. The van der Waals surface area contributed by atoms with Crippen molar-refractivity contribution in [3.05, 3.63) is 60.2 Å². The van der Waals surface area contributed by atoms with Gasteiger partial charge in [0.1, 0.15) is 0 Å². The summed E-state index contributed by atoms with van der Waals surface area (Å²) in [5, 5.41) is 0. The first-order chi connectivity index (χ1) is 16.3. The molecule has 0 aliphatic heterocycles. The second-order valence-corrected chi connectivity index (χ2v) is 15.9. The predicted molar refractivity (Wildman–Crippen MR) is 136 cm³/mol. The summed E-state index contributed by atoms with van der Waals surface area (Å²) in [5.74, 6) is -1.78. The van der Waals surface area contributed by atoms with Gasteiger partial charge in [0.25, 0.3) is 0 Å². The van der Waals surface area contributed by atoms with Gasteiger partial charge in [0, 0.05) is 0 Å². The van der Waals surface area contributed by atoms with Crippen molar-refractivity contribution in [1.82, 2.24) is 0 Å². The Bertz CT molecular complexity index is 1160. The van der Waals surface area contributed by atoms with E-state index in [0.717, 1.165) is 5.56 Å². The number of sulfone groups is 1. The Morgan fingerprint density at radius 1 is 1.00 bits per heavy atom. The molecule has 0 amide bonds. The maximum absolute atomic E-state index is 13.6. The van der Waals surface area contributed by atoms with Crippen molar-refractivity contribution >= 4 is 41.2 Å². The van der Waals surface area contributed by atoms with E-state index in [0.29, 0.717) is 0 Å². The molecule has 0 saturated heterocycles. The number of ether oxygens (including phenoxy) is 2. The van der Waals surface area contributed by atoms with Gasteiger partial charge in [-0.1, -0.05) is 0 Å². The Kier molecular flexibility index (Phi) is 7.90. The number of hydrogen-bond acceptors (Lipinski definition) is 6. The number of carbonyl (C=O) groups excluding carboxylic acids is 2. The molecule has 0 radical (unpaired) electrons. The van der Waals surface area contributed by atoms with Gasteiger partial charge in [0.05, 0.1) is 0 Å². The molecule has 0 N–H and O–H groups in total. The van der Waals surface area contributed by atoms with E-state index in [-0.39, 0.29) is 48.7 Å². The molecule has 8 heteroatoms. The number of hydrogen-bond donors (Lipinski definition) is 0. The zero-order chi connectivity index (χ0) is 26.1. The molecule has 0 aromatic heterocycles. The normalized spacial score (nSPS) is 21.9. The molecule has 1 saturated carbocycles. The summed E-state index contributed by atoms with van der Waals surface area (Å²) in [6, 6.07) is 16.8. The molecule has 2 aromatic rings. The average Bonchev–Trinajstić information content (AvgIpc) is 3.13. The molecule has 2 unspecified atom stereocenters. The second kappa shape index (κ2) is 10.1. The van der Waals surface area contributed by atoms with Crippen molar-refractivity contribution in [2.24, 2.45) is 16.7 Å². The predicted octanol–water partition coefficient (Wildman–Crippen LogP) is 3.75. The molecule has 1 aliphatic carbocycles. The Morgan fingerprint density at radius 3 is 2.06 bits per heavy atom. The summed E-state index contributed by atoms with van der Waals surface area (Å²) < 4.78 is 38.2. The Labute approximate surface area is 214 Å². The zero-order valence-corrected chi connectivity index (χ0v) is 23.7. The Morgan fingerprint density at radius 2 is 1.54 bits per heavy atom. The van der Waals surface area contributed by atoms with E-state index in [2.05, 4.69) is 26.0 Å². The minimum absolute atomic E-state index is 0.0450. The van der Waals surface area contributed by atoms with Crippen LogP contribution in [0.5, 0.6) is 0 Å². The van der Waals surface area contributed by atoms with Gasteiger partial charge < -0.3 is 0 Å². The molecule has 0 heterocycles. The molecular formula is C27H34O6SSe. The van der Waals surface area contributed by atoms with Crippen LogP contribution in [0.3, 0.4) is 0 Å². The van der Waals surface area contributed by atoms with Gasteiger partial charge in [-0.15, -0.1) is 0 Å². The third-order valence-corrected chi connectivity index (χ3v) is 11.9. The van der Waals surface area contributed by atoms with Crippen LogP contribution in [-0.2, 0) is 28.9 Å². The van der Waals surface area contributed by atoms with E-state index in [1.807, 2.05) is 32.0 Å². The van der Waals surface area contributed by atoms with Crippen molar-refractivity contribution in [3.8, 4) is 0 Å². The van der Waals surface area contributed by atoms with Crippen molar-refractivity contribution in [2.75, 3.05) is 20.0 Å². The van der Waals surface area contributed by atoms with E-state index in [9.17, 15) is 18.0 Å². The molecular weight excluding hydrogens is 531 g/mol. The van der Waals surface area contributed by atoms with Crippen molar-refractivity contribution in [1.29, 1.82) is 0 Å². The SMILES string of the molecule is COC(=O)C1(C(=O)OC)CC(C(C)(C)[Se]c2ccccc2)C(C)(CS(=O)(=O)c2ccc(C)cc2)C1. The fraction of sp³-hybridized carbons (Fsp3) is 0.481. The van der Waals surface area contributed by atoms with Gasteiger partial charge in [0.2, 0.25) is 0 Å². The Hall–Kier alpha value is -2.15. The zero-order valence-electron chi connectivity index (χ0n) is 21.2. The van der Waals surface area contributed by atoms with Crippen molar-refractivity contribution in [3.63, 3.8) is 0 Å². The molecule has 190 valence electrons. The molecule has 1 fully saturated rings. The number of carbonyl (C=O) groups is 2. The van der Waals surface area contributed by atoms with Crippen molar-refractivity contribution in [2.45, 2.75) is 49.7 Å². The standard InChI is InChI=1S/C27H34O6SSe/c1-19-12-14-20(15-13-19)34(30,31)18-26(4)17-27(23(28)32-5,24(29)33-6)16-22(26)25(2,3)35-21-10-8-7-9-11-21/h7-15,22H,16-18H2,1-6H3. The third-order valence-electron chi connectivity index (χ3n) is 7.11. The molecule has 1 aliphatic rings. The van der Waals surface area contributed by atoms with Crippen LogP contribution in [0.15, 0.2) is 59.5 Å². The first kappa shape index (κ1) is 27.4. The van der Waals surface area contributed by atoms with E-state index in [1.165, 1.54) is 18.7 Å².